The lowest BCUT2D eigenvalue weighted by Crippen LogP contribution is -2.30. The number of halogens is 3. The Balaban J connectivity index is 1.65. The Labute approximate surface area is 171 Å². The van der Waals surface area contributed by atoms with Crippen LogP contribution in [0.3, 0.4) is 0 Å². The maximum Gasteiger partial charge on any atom is 0.265 e. The Kier molecular flexibility index (Phi) is 6.24. The molecule has 0 saturated heterocycles. The van der Waals surface area contributed by atoms with Crippen LogP contribution in [0.4, 0.5) is 14.5 Å². The minimum atomic E-state index is -1.02. The Morgan fingerprint density at radius 3 is 1.97 bits per heavy atom. The monoisotopic (exact) mass is 415 g/mol. The van der Waals surface area contributed by atoms with Crippen LogP contribution < -0.4 is 10.1 Å². The molecular weight excluding hydrogens is 400 g/mol. The first kappa shape index (κ1) is 20.5. The number of carbonyl (C=O) groups excluding carboxylic acids is 2. The van der Waals surface area contributed by atoms with E-state index in [1.807, 2.05) is 0 Å². The highest BCUT2D eigenvalue weighted by Crippen LogP contribution is 2.20. The molecule has 1 amide bonds. The van der Waals surface area contributed by atoms with Gasteiger partial charge in [0, 0.05) is 16.1 Å². The molecule has 1 atom stereocenters. The van der Waals surface area contributed by atoms with Gasteiger partial charge >= 0.3 is 0 Å². The molecule has 0 aliphatic carbocycles. The molecule has 0 fully saturated rings. The van der Waals surface area contributed by atoms with Crippen LogP contribution in [0, 0.1) is 11.6 Å². The number of carbonyl (C=O) groups is 2. The molecule has 7 heteroatoms. The van der Waals surface area contributed by atoms with Gasteiger partial charge in [0.05, 0.1) is 0 Å². The maximum absolute atomic E-state index is 13.6. The lowest BCUT2D eigenvalue weighted by Gasteiger charge is -2.15. The Bertz CT molecular complexity index is 1020. The average Bonchev–Trinajstić information content (AvgIpc) is 2.71. The molecule has 0 spiro atoms. The standard InChI is InChI=1S/C22H16ClF2NO3/c1-13(22(28)26-20-18(24)3-2-4-19(20)25)29-17-11-7-15(8-12-17)21(27)14-5-9-16(23)10-6-14/h2-13H,1H3,(H,26,28)/t13-/m1/s1. The third kappa shape index (κ3) is 4.97. The molecule has 0 radical (unpaired) electrons. The van der Waals surface area contributed by atoms with E-state index >= 15 is 0 Å². The fourth-order valence-corrected chi connectivity index (χ4v) is 2.68. The summed E-state index contributed by atoms with van der Waals surface area (Å²) in [5, 5.41) is 2.71. The highest BCUT2D eigenvalue weighted by molar-refractivity contribution is 6.30. The Morgan fingerprint density at radius 1 is 0.897 bits per heavy atom. The molecule has 0 heterocycles. The molecule has 148 valence electrons. The summed E-state index contributed by atoms with van der Waals surface area (Å²) in [6.07, 6.45) is -1.02. The molecule has 0 bridgehead atoms. The van der Waals surface area contributed by atoms with E-state index < -0.39 is 29.3 Å². The second-order valence-electron chi connectivity index (χ2n) is 6.21. The lowest BCUT2D eigenvalue weighted by atomic mass is 10.0. The van der Waals surface area contributed by atoms with Gasteiger partial charge in [-0.3, -0.25) is 9.59 Å². The third-order valence-electron chi connectivity index (χ3n) is 4.12. The van der Waals surface area contributed by atoms with Crippen molar-refractivity contribution in [2.45, 2.75) is 13.0 Å². The van der Waals surface area contributed by atoms with Crippen LogP contribution in [0.5, 0.6) is 5.75 Å². The third-order valence-corrected chi connectivity index (χ3v) is 4.37. The van der Waals surface area contributed by atoms with Gasteiger partial charge in [-0.1, -0.05) is 17.7 Å². The number of benzene rings is 3. The summed E-state index contributed by atoms with van der Waals surface area (Å²) in [5.74, 6) is -2.33. The fourth-order valence-electron chi connectivity index (χ4n) is 2.55. The zero-order chi connectivity index (χ0) is 21.0. The Morgan fingerprint density at radius 2 is 1.41 bits per heavy atom. The summed E-state index contributed by atoms with van der Waals surface area (Å²) in [6.45, 7) is 1.45. The first-order valence-electron chi connectivity index (χ1n) is 8.67. The smallest absolute Gasteiger partial charge is 0.265 e. The second kappa shape index (κ2) is 8.84. The van der Waals surface area contributed by atoms with E-state index in [4.69, 9.17) is 16.3 Å². The maximum atomic E-state index is 13.6. The van der Waals surface area contributed by atoms with Gasteiger partial charge in [0.1, 0.15) is 23.1 Å². The highest BCUT2D eigenvalue weighted by atomic mass is 35.5. The number of ether oxygens (including phenoxy) is 1. The van der Waals surface area contributed by atoms with E-state index in [0.29, 0.717) is 21.9 Å². The molecule has 0 aromatic heterocycles. The van der Waals surface area contributed by atoms with Crippen LogP contribution in [-0.2, 0) is 4.79 Å². The molecule has 0 unspecified atom stereocenters. The van der Waals surface area contributed by atoms with Crippen molar-refractivity contribution >= 4 is 29.0 Å². The second-order valence-corrected chi connectivity index (χ2v) is 6.64. The van der Waals surface area contributed by atoms with Gasteiger partial charge in [-0.25, -0.2) is 8.78 Å². The van der Waals surface area contributed by atoms with Crippen LogP contribution in [0.25, 0.3) is 0 Å². The van der Waals surface area contributed by atoms with Gasteiger partial charge in [-0.05, 0) is 67.6 Å². The molecule has 3 aromatic carbocycles. The largest absolute Gasteiger partial charge is 0.481 e. The predicted octanol–water partition coefficient (Wildman–Crippen LogP) is 5.26. The summed E-state index contributed by atoms with van der Waals surface area (Å²) in [5.41, 5.74) is 0.393. The molecular formula is C22H16ClF2NO3. The topological polar surface area (TPSA) is 55.4 Å². The van der Waals surface area contributed by atoms with Gasteiger partial charge in [-0.2, -0.15) is 0 Å². The van der Waals surface area contributed by atoms with Crippen LogP contribution >= 0.6 is 11.6 Å². The number of hydrogen-bond acceptors (Lipinski definition) is 3. The van der Waals surface area contributed by atoms with Crippen LogP contribution in [0.1, 0.15) is 22.8 Å². The number of amides is 1. The van der Waals surface area contributed by atoms with Gasteiger partial charge in [0.15, 0.2) is 11.9 Å². The number of para-hydroxylation sites is 1. The summed E-state index contributed by atoms with van der Waals surface area (Å²) < 4.78 is 32.8. The number of anilines is 1. The summed E-state index contributed by atoms with van der Waals surface area (Å²) in [4.78, 5) is 24.6. The van der Waals surface area contributed by atoms with Crippen molar-refractivity contribution in [1.29, 1.82) is 0 Å². The fraction of sp³-hybridized carbons (Fsp3) is 0.0909. The lowest BCUT2D eigenvalue weighted by molar-refractivity contribution is -0.122. The Hall–Kier alpha value is -3.25. The van der Waals surface area contributed by atoms with Crippen molar-refractivity contribution in [1.82, 2.24) is 0 Å². The van der Waals surface area contributed by atoms with Gasteiger partial charge in [-0.15, -0.1) is 0 Å². The van der Waals surface area contributed by atoms with E-state index in [0.717, 1.165) is 12.1 Å². The van der Waals surface area contributed by atoms with Crippen molar-refractivity contribution in [2.24, 2.45) is 0 Å². The number of hydrogen-bond donors (Lipinski definition) is 1. The summed E-state index contributed by atoms with van der Waals surface area (Å²) >= 11 is 5.82. The zero-order valence-corrected chi connectivity index (χ0v) is 16.0. The average molecular weight is 416 g/mol. The number of nitrogens with one attached hydrogen (secondary N) is 1. The minimum absolute atomic E-state index is 0.186. The highest BCUT2D eigenvalue weighted by Gasteiger charge is 2.19. The van der Waals surface area contributed by atoms with Gasteiger partial charge in [0.2, 0.25) is 0 Å². The number of rotatable bonds is 6. The van der Waals surface area contributed by atoms with E-state index in [9.17, 15) is 18.4 Å². The van der Waals surface area contributed by atoms with Crippen molar-refractivity contribution in [3.05, 3.63) is 94.5 Å². The van der Waals surface area contributed by atoms with Gasteiger partial charge < -0.3 is 10.1 Å². The first-order chi connectivity index (χ1) is 13.8. The van der Waals surface area contributed by atoms with E-state index in [1.165, 1.54) is 25.1 Å². The summed E-state index contributed by atoms with van der Waals surface area (Å²) in [6, 6.07) is 16.0. The molecule has 29 heavy (non-hydrogen) atoms. The van der Waals surface area contributed by atoms with Crippen molar-refractivity contribution in [3.63, 3.8) is 0 Å². The molecule has 3 aromatic rings. The minimum Gasteiger partial charge on any atom is -0.481 e. The molecule has 0 aliphatic heterocycles. The zero-order valence-electron chi connectivity index (χ0n) is 15.3. The molecule has 3 rings (SSSR count). The van der Waals surface area contributed by atoms with Crippen molar-refractivity contribution in [3.8, 4) is 5.75 Å². The molecule has 0 saturated carbocycles. The van der Waals surface area contributed by atoms with Crippen LogP contribution in [-0.4, -0.2) is 17.8 Å². The predicted molar refractivity (Wildman–Crippen MR) is 106 cm³/mol. The van der Waals surface area contributed by atoms with Crippen LogP contribution in [0.2, 0.25) is 5.02 Å². The number of ketones is 1. The van der Waals surface area contributed by atoms with Gasteiger partial charge in [0.25, 0.3) is 5.91 Å². The molecule has 4 nitrogen and oxygen atoms in total. The quantitative estimate of drug-likeness (QED) is 0.559. The summed E-state index contributed by atoms with van der Waals surface area (Å²) in [7, 11) is 0. The first-order valence-corrected chi connectivity index (χ1v) is 9.05. The SMILES string of the molecule is C[C@@H](Oc1ccc(C(=O)c2ccc(Cl)cc2)cc1)C(=O)Nc1c(F)cccc1F. The van der Waals surface area contributed by atoms with E-state index in [1.54, 1.807) is 36.4 Å². The normalized spacial score (nSPS) is 11.6. The van der Waals surface area contributed by atoms with E-state index in [2.05, 4.69) is 5.32 Å². The van der Waals surface area contributed by atoms with Crippen LogP contribution in [0.15, 0.2) is 66.7 Å². The van der Waals surface area contributed by atoms with E-state index in [-0.39, 0.29) is 5.78 Å². The van der Waals surface area contributed by atoms with Crippen molar-refractivity contribution in [2.75, 3.05) is 5.32 Å². The molecule has 1 N–H and O–H groups in total. The molecule has 0 aliphatic rings. The van der Waals surface area contributed by atoms with Crippen molar-refractivity contribution < 1.29 is 23.1 Å².